The third-order valence-corrected chi connectivity index (χ3v) is 5.33. The molecule has 0 atom stereocenters. The molecule has 0 bridgehead atoms. The van der Waals surface area contributed by atoms with Crippen LogP contribution >= 0.6 is 22.9 Å². The molecule has 7 heteroatoms. The van der Waals surface area contributed by atoms with Gasteiger partial charge >= 0.3 is 0 Å². The van der Waals surface area contributed by atoms with Crippen LogP contribution in [-0.4, -0.2) is 15.3 Å². The van der Waals surface area contributed by atoms with Gasteiger partial charge in [0.25, 0.3) is 5.91 Å². The summed E-state index contributed by atoms with van der Waals surface area (Å²) in [6, 6.07) is 12.0. The van der Waals surface area contributed by atoms with Crippen LogP contribution in [0.1, 0.15) is 15.9 Å². The molecule has 1 N–H and O–H groups in total. The number of carbonyl (C=O) groups is 1. The molecule has 0 unspecified atom stereocenters. The number of hydrogen-bond acceptors (Lipinski definition) is 3. The molecule has 130 valence electrons. The summed E-state index contributed by atoms with van der Waals surface area (Å²) in [5.74, 6) is -0.713. The standard InChI is InChI=1S/C19H13ClFN3OS/c20-14-4-3-5-15(21)13(14)9-23-19(25)12-8-17(26-11-12)16-10-22-18-6-1-2-7-24(16)18/h1-8,10-11H,9H2,(H,23,25). The second kappa shape index (κ2) is 6.90. The van der Waals surface area contributed by atoms with E-state index in [9.17, 15) is 9.18 Å². The summed E-state index contributed by atoms with van der Waals surface area (Å²) in [4.78, 5) is 17.7. The zero-order chi connectivity index (χ0) is 18.1. The molecule has 0 fully saturated rings. The van der Waals surface area contributed by atoms with Crippen LogP contribution in [0.25, 0.3) is 16.2 Å². The molecule has 4 nitrogen and oxygen atoms in total. The highest BCUT2D eigenvalue weighted by Gasteiger charge is 2.14. The van der Waals surface area contributed by atoms with Crippen molar-refractivity contribution in [2.75, 3.05) is 0 Å². The maximum absolute atomic E-state index is 13.8. The molecule has 4 aromatic rings. The maximum atomic E-state index is 13.8. The van der Waals surface area contributed by atoms with Crippen molar-refractivity contribution in [2.45, 2.75) is 6.54 Å². The van der Waals surface area contributed by atoms with E-state index >= 15 is 0 Å². The number of hydrogen-bond donors (Lipinski definition) is 1. The molecule has 0 aliphatic rings. The number of nitrogens with zero attached hydrogens (tertiary/aromatic N) is 2. The Morgan fingerprint density at radius 2 is 2.15 bits per heavy atom. The molecule has 0 aliphatic carbocycles. The Kier molecular flexibility index (Phi) is 4.44. The minimum Gasteiger partial charge on any atom is -0.348 e. The van der Waals surface area contributed by atoms with Crippen LogP contribution in [0.5, 0.6) is 0 Å². The van der Waals surface area contributed by atoms with E-state index in [0.29, 0.717) is 10.6 Å². The summed E-state index contributed by atoms with van der Waals surface area (Å²) < 4.78 is 15.8. The fraction of sp³-hybridized carbons (Fsp3) is 0.0526. The molecule has 3 aromatic heterocycles. The zero-order valence-corrected chi connectivity index (χ0v) is 15.0. The molecule has 0 saturated carbocycles. The number of halogens is 2. The molecule has 0 saturated heterocycles. The van der Waals surface area contributed by atoms with Gasteiger partial charge in [0.2, 0.25) is 0 Å². The van der Waals surface area contributed by atoms with Crippen LogP contribution in [0, 0.1) is 5.82 Å². The van der Waals surface area contributed by atoms with E-state index in [1.807, 2.05) is 28.8 Å². The fourth-order valence-corrected chi connectivity index (χ4v) is 3.80. The Balaban J connectivity index is 1.53. The summed E-state index contributed by atoms with van der Waals surface area (Å²) in [6.07, 6.45) is 3.71. The van der Waals surface area contributed by atoms with Gasteiger partial charge in [-0.2, -0.15) is 0 Å². The van der Waals surface area contributed by atoms with Gasteiger partial charge in [0.15, 0.2) is 0 Å². The minimum atomic E-state index is -0.436. The number of aromatic nitrogens is 2. The number of amides is 1. The summed E-state index contributed by atoms with van der Waals surface area (Å²) in [5.41, 5.74) is 2.56. The van der Waals surface area contributed by atoms with Gasteiger partial charge in [-0.25, -0.2) is 9.37 Å². The number of carbonyl (C=O) groups excluding carboxylic acids is 1. The summed E-state index contributed by atoms with van der Waals surface area (Å²) in [5, 5.41) is 4.78. The molecule has 1 aromatic carbocycles. The predicted octanol–water partition coefficient (Wildman–Crippen LogP) is 4.79. The smallest absolute Gasteiger partial charge is 0.252 e. The molecule has 3 heterocycles. The third kappa shape index (κ3) is 3.09. The highest BCUT2D eigenvalue weighted by atomic mass is 35.5. The van der Waals surface area contributed by atoms with Crippen molar-refractivity contribution in [3.05, 3.63) is 82.2 Å². The first-order valence-corrected chi connectivity index (χ1v) is 9.11. The quantitative estimate of drug-likeness (QED) is 0.549. The molecule has 4 rings (SSSR count). The maximum Gasteiger partial charge on any atom is 0.252 e. The van der Waals surface area contributed by atoms with Crippen molar-refractivity contribution in [3.8, 4) is 10.6 Å². The first-order chi connectivity index (χ1) is 12.6. The van der Waals surface area contributed by atoms with Crippen LogP contribution in [0.15, 0.2) is 60.2 Å². The number of imidazole rings is 1. The van der Waals surface area contributed by atoms with Gasteiger partial charge in [-0.3, -0.25) is 9.20 Å². The van der Waals surface area contributed by atoms with Crippen molar-refractivity contribution in [3.63, 3.8) is 0 Å². The van der Waals surface area contributed by atoms with E-state index in [-0.39, 0.29) is 18.0 Å². The lowest BCUT2D eigenvalue weighted by atomic mass is 10.2. The Morgan fingerprint density at radius 3 is 3.00 bits per heavy atom. The highest BCUT2D eigenvalue weighted by Crippen LogP contribution is 2.28. The van der Waals surface area contributed by atoms with Gasteiger partial charge in [-0.1, -0.05) is 23.7 Å². The monoisotopic (exact) mass is 385 g/mol. The lowest BCUT2D eigenvalue weighted by Gasteiger charge is -2.07. The topological polar surface area (TPSA) is 46.4 Å². The number of thiophene rings is 1. The van der Waals surface area contributed by atoms with E-state index in [0.717, 1.165) is 16.2 Å². The number of benzene rings is 1. The number of fused-ring (bicyclic) bond motifs is 1. The Morgan fingerprint density at radius 1 is 1.27 bits per heavy atom. The molecule has 0 aliphatic heterocycles. The first-order valence-electron chi connectivity index (χ1n) is 7.85. The Bertz CT molecular complexity index is 1080. The van der Waals surface area contributed by atoms with Gasteiger partial charge in [0.1, 0.15) is 11.5 Å². The molecule has 0 spiro atoms. The second-order valence-corrected chi connectivity index (χ2v) is 6.97. The van der Waals surface area contributed by atoms with E-state index in [2.05, 4.69) is 10.3 Å². The van der Waals surface area contributed by atoms with Gasteiger partial charge < -0.3 is 5.32 Å². The van der Waals surface area contributed by atoms with Crippen molar-refractivity contribution < 1.29 is 9.18 Å². The van der Waals surface area contributed by atoms with E-state index in [1.165, 1.54) is 23.5 Å². The molecule has 1 amide bonds. The van der Waals surface area contributed by atoms with Crippen molar-refractivity contribution in [1.82, 2.24) is 14.7 Å². The van der Waals surface area contributed by atoms with Gasteiger partial charge in [-0.05, 0) is 30.3 Å². The lowest BCUT2D eigenvalue weighted by Crippen LogP contribution is -2.23. The largest absolute Gasteiger partial charge is 0.348 e. The highest BCUT2D eigenvalue weighted by molar-refractivity contribution is 7.13. The summed E-state index contributed by atoms with van der Waals surface area (Å²) >= 11 is 7.44. The van der Waals surface area contributed by atoms with Crippen molar-refractivity contribution in [2.24, 2.45) is 0 Å². The third-order valence-electron chi connectivity index (χ3n) is 4.02. The van der Waals surface area contributed by atoms with Crippen LogP contribution in [-0.2, 0) is 6.54 Å². The summed E-state index contributed by atoms with van der Waals surface area (Å²) in [7, 11) is 0. The number of pyridine rings is 1. The Hall–Kier alpha value is -2.70. The average molecular weight is 386 g/mol. The van der Waals surface area contributed by atoms with E-state index in [1.54, 1.807) is 23.7 Å². The summed E-state index contributed by atoms with van der Waals surface area (Å²) in [6.45, 7) is 0.0329. The van der Waals surface area contributed by atoms with Crippen LogP contribution in [0.2, 0.25) is 5.02 Å². The number of rotatable bonds is 4. The molecule has 0 radical (unpaired) electrons. The predicted molar refractivity (Wildman–Crippen MR) is 101 cm³/mol. The van der Waals surface area contributed by atoms with E-state index < -0.39 is 5.82 Å². The Labute approximate surface area is 157 Å². The fourth-order valence-electron chi connectivity index (χ4n) is 2.68. The van der Waals surface area contributed by atoms with Gasteiger partial charge in [-0.15, -0.1) is 11.3 Å². The van der Waals surface area contributed by atoms with Crippen molar-refractivity contribution in [1.29, 1.82) is 0 Å². The SMILES string of the molecule is O=C(NCc1c(F)cccc1Cl)c1csc(-c2cnc3ccccn23)c1. The van der Waals surface area contributed by atoms with Crippen LogP contribution in [0.3, 0.4) is 0 Å². The van der Waals surface area contributed by atoms with Gasteiger partial charge in [0, 0.05) is 28.7 Å². The molecular formula is C19H13ClFN3OS. The average Bonchev–Trinajstić information content (AvgIpc) is 3.28. The van der Waals surface area contributed by atoms with Gasteiger partial charge in [0.05, 0.1) is 22.3 Å². The second-order valence-electron chi connectivity index (χ2n) is 5.65. The van der Waals surface area contributed by atoms with E-state index in [4.69, 9.17) is 11.6 Å². The lowest BCUT2D eigenvalue weighted by molar-refractivity contribution is 0.0951. The van der Waals surface area contributed by atoms with Crippen LogP contribution < -0.4 is 5.32 Å². The molecular weight excluding hydrogens is 373 g/mol. The van der Waals surface area contributed by atoms with Crippen LogP contribution in [0.4, 0.5) is 4.39 Å². The minimum absolute atomic E-state index is 0.0329. The van der Waals surface area contributed by atoms with Crippen molar-refractivity contribution >= 4 is 34.5 Å². The zero-order valence-electron chi connectivity index (χ0n) is 13.4. The first kappa shape index (κ1) is 16.8. The molecule has 26 heavy (non-hydrogen) atoms. The number of nitrogens with one attached hydrogen (secondary N) is 1. The normalized spacial score (nSPS) is 11.0.